The highest BCUT2D eigenvalue weighted by Crippen LogP contribution is 2.29. The third kappa shape index (κ3) is 3.25. The van der Waals surface area contributed by atoms with Gasteiger partial charge in [0, 0.05) is 24.8 Å². The predicted molar refractivity (Wildman–Crippen MR) is 76.1 cm³/mol. The second-order valence-corrected chi connectivity index (χ2v) is 5.38. The highest BCUT2D eigenvalue weighted by Gasteiger charge is 2.25. The van der Waals surface area contributed by atoms with E-state index in [9.17, 15) is 4.39 Å². The Morgan fingerprint density at radius 2 is 1.95 bits per heavy atom. The minimum atomic E-state index is -0.185. The molecule has 0 amide bonds. The van der Waals surface area contributed by atoms with Crippen molar-refractivity contribution in [2.45, 2.75) is 39.0 Å². The number of halogens is 1. The first-order valence-corrected chi connectivity index (χ1v) is 6.88. The Morgan fingerprint density at radius 1 is 1.32 bits per heavy atom. The molecule has 0 aliphatic carbocycles. The normalized spacial score (nSPS) is 25.4. The van der Waals surface area contributed by atoms with Gasteiger partial charge in [0.25, 0.3) is 0 Å². The summed E-state index contributed by atoms with van der Waals surface area (Å²) >= 11 is 0. The predicted octanol–water partition coefficient (Wildman–Crippen LogP) is 2.72. The van der Waals surface area contributed by atoms with Crippen molar-refractivity contribution in [1.29, 1.82) is 0 Å². The van der Waals surface area contributed by atoms with Crippen LogP contribution in [0.4, 0.5) is 10.1 Å². The Kier molecular flexibility index (Phi) is 4.42. The van der Waals surface area contributed by atoms with Crippen LogP contribution in [-0.2, 0) is 4.74 Å². The third-order valence-corrected chi connectivity index (χ3v) is 3.65. The van der Waals surface area contributed by atoms with Crippen LogP contribution >= 0.6 is 0 Å². The Bertz CT molecular complexity index is 428. The lowest BCUT2D eigenvalue weighted by Crippen LogP contribution is -2.46. The van der Waals surface area contributed by atoms with Gasteiger partial charge in [-0.25, -0.2) is 4.39 Å². The van der Waals surface area contributed by atoms with Crippen LogP contribution in [0.3, 0.4) is 0 Å². The van der Waals surface area contributed by atoms with Crippen LogP contribution in [0.1, 0.15) is 32.4 Å². The molecule has 1 fully saturated rings. The van der Waals surface area contributed by atoms with E-state index < -0.39 is 0 Å². The van der Waals surface area contributed by atoms with Crippen LogP contribution < -0.4 is 10.2 Å². The van der Waals surface area contributed by atoms with E-state index in [1.807, 2.05) is 20.0 Å². The summed E-state index contributed by atoms with van der Waals surface area (Å²) in [5.41, 5.74) is 2.11. The molecule has 0 radical (unpaired) electrons. The van der Waals surface area contributed by atoms with Crippen LogP contribution in [0.25, 0.3) is 0 Å². The molecular weight excluding hydrogens is 243 g/mol. The van der Waals surface area contributed by atoms with Crippen LogP contribution in [0, 0.1) is 5.82 Å². The van der Waals surface area contributed by atoms with E-state index in [0.29, 0.717) is 0 Å². The van der Waals surface area contributed by atoms with Gasteiger partial charge in [0.05, 0.1) is 12.2 Å². The number of hydrogen-bond acceptors (Lipinski definition) is 3. The fourth-order valence-corrected chi connectivity index (χ4v) is 2.69. The first-order chi connectivity index (χ1) is 9.01. The van der Waals surface area contributed by atoms with Gasteiger partial charge in [-0.2, -0.15) is 0 Å². The molecule has 3 unspecified atom stereocenters. The number of anilines is 1. The van der Waals surface area contributed by atoms with E-state index in [1.165, 1.54) is 6.07 Å². The Hall–Kier alpha value is -1.13. The number of nitrogens with one attached hydrogen (secondary N) is 1. The lowest BCUT2D eigenvalue weighted by molar-refractivity contribution is -0.00528. The second-order valence-electron chi connectivity index (χ2n) is 5.38. The topological polar surface area (TPSA) is 24.5 Å². The van der Waals surface area contributed by atoms with Crippen molar-refractivity contribution in [3.63, 3.8) is 0 Å². The van der Waals surface area contributed by atoms with E-state index >= 15 is 0 Å². The monoisotopic (exact) mass is 266 g/mol. The Balaban J connectivity index is 2.32. The maximum Gasteiger partial charge on any atom is 0.123 e. The van der Waals surface area contributed by atoms with Crippen LogP contribution in [0.15, 0.2) is 18.2 Å². The van der Waals surface area contributed by atoms with Gasteiger partial charge < -0.3 is 15.0 Å². The van der Waals surface area contributed by atoms with Crippen LogP contribution in [0.2, 0.25) is 0 Å². The number of hydrogen-bond donors (Lipinski definition) is 1. The number of ether oxygens (including phenoxy) is 1. The molecule has 0 aromatic heterocycles. The average Bonchev–Trinajstić information content (AvgIpc) is 2.36. The van der Waals surface area contributed by atoms with Crippen LogP contribution in [-0.4, -0.2) is 32.3 Å². The SMILES string of the molecule is CNC(C)c1cc(F)ccc1N1CC(C)OC(C)C1. The largest absolute Gasteiger partial charge is 0.372 e. The zero-order valence-corrected chi connectivity index (χ0v) is 12.1. The highest BCUT2D eigenvalue weighted by atomic mass is 19.1. The maximum atomic E-state index is 13.5. The molecule has 0 bridgehead atoms. The van der Waals surface area contributed by atoms with E-state index in [1.54, 1.807) is 6.07 Å². The van der Waals surface area contributed by atoms with Crippen molar-refractivity contribution in [3.05, 3.63) is 29.6 Å². The number of benzene rings is 1. The molecule has 4 heteroatoms. The standard InChI is InChI=1S/C15H23FN2O/c1-10-8-18(9-11(2)19-10)15-6-5-13(16)7-14(15)12(3)17-4/h5-7,10-12,17H,8-9H2,1-4H3. The molecule has 1 aliphatic rings. The molecule has 3 nitrogen and oxygen atoms in total. The molecule has 1 heterocycles. The van der Waals surface area contributed by atoms with Crippen molar-refractivity contribution in [3.8, 4) is 0 Å². The van der Waals surface area contributed by atoms with Crippen molar-refractivity contribution in [2.24, 2.45) is 0 Å². The van der Waals surface area contributed by atoms with Gasteiger partial charge in [-0.3, -0.25) is 0 Å². The smallest absolute Gasteiger partial charge is 0.123 e. The first-order valence-electron chi connectivity index (χ1n) is 6.88. The summed E-state index contributed by atoms with van der Waals surface area (Å²) in [6.45, 7) is 7.89. The van der Waals surface area contributed by atoms with Gasteiger partial charge in [-0.05, 0) is 51.6 Å². The van der Waals surface area contributed by atoms with Gasteiger partial charge in [0.15, 0.2) is 0 Å². The van der Waals surface area contributed by atoms with Crippen molar-refractivity contribution in [1.82, 2.24) is 5.32 Å². The summed E-state index contributed by atoms with van der Waals surface area (Å²) in [5, 5.41) is 3.19. The molecule has 2 rings (SSSR count). The van der Waals surface area contributed by atoms with E-state index in [0.717, 1.165) is 24.3 Å². The summed E-state index contributed by atoms with van der Waals surface area (Å²) < 4.78 is 19.3. The summed E-state index contributed by atoms with van der Waals surface area (Å²) in [5.74, 6) is -0.185. The van der Waals surface area contributed by atoms with E-state index in [2.05, 4.69) is 24.1 Å². The Labute approximate surface area is 114 Å². The molecule has 1 aliphatic heterocycles. The van der Waals surface area contributed by atoms with Crippen LogP contribution in [0.5, 0.6) is 0 Å². The summed E-state index contributed by atoms with van der Waals surface area (Å²) in [6.07, 6.45) is 0.401. The maximum absolute atomic E-state index is 13.5. The van der Waals surface area contributed by atoms with Gasteiger partial charge in [0.1, 0.15) is 5.82 Å². The zero-order chi connectivity index (χ0) is 14.0. The van der Waals surface area contributed by atoms with Gasteiger partial charge >= 0.3 is 0 Å². The summed E-state index contributed by atoms with van der Waals surface area (Å²) in [4.78, 5) is 2.29. The molecule has 3 atom stereocenters. The van der Waals surface area contributed by atoms with Crippen molar-refractivity contribution >= 4 is 5.69 Å². The molecule has 1 saturated heterocycles. The number of nitrogens with zero attached hydrogens (tertiary/aromatic N) is 1. The van der Waals surface area contributed by atoms with Crippen molar-refractivity contribution in [2.75, 3.05) is 25.0 Å². The highest BCUT2D eigenvalue weighted by molar-refractivity contribution is 5.55. The molecule has 1 N–H and O–H groups in total. The molecule has 1 aromatic carbocycles. The van der Waals surface area contributed by atoms with E-state index in [4.69, 9.17) is 4.74 Å². The third-order valence-electron chi connectivity index (χ3n) is 3.65. The zero-order valence-electron chi connectivity index (χ0n) is 12.1. The fraction of sp³-hybridized carbons (Fsp3) is 0.600. The minimum absolute atomic E-state index is 0.124. The van der Waals surface area contributed by atoms with E-state index in [-0.39, 0.29) is 24.1 Å². The first kappa shape index (κ1) is 14.3. The fourth-order valence-electron chi connectivity index (χ4n) is 2.69. The molecular formula is C15H23FN2O. The molecule has 0 saturated carbocycles. The van der Waals surface area contributed by atoms with Gasteiger partial charge in [-0.1, -0.05) is 0 Å². The van der Waals surface area contributed by atoms with Gasteiger partial charge in [-0.15, -0.1) is 0 Å². The molecule has 1 aromatic rings. The second kappa shape index (κ2) is 5.88. The summed E-state index contributed by atoms with van der Waals surface area (Å²) in [7, 11) is 1.89. The molecule has 0 spiro atoms. The summed E-state index contributed by atoms with van der Waals surface area (Å²) in [6, 6.07) is 5.16. The number of morpholine rings is 1. The Morgan fingerprint density at radius 3 is 2.53 bits per heavy atom. The average molecular weight is 266 g/mol. The van der Waals surface area contributed by atoms with Crippen molar-refractivity contribution < 1.29 is 9.13 Å². The quantitative estimate of drug-likeness (QED) is 0.910. The molecule has 106 valence electrons. The molecule has 19 heavy (non-hydrogen) atoms. The number of rotatable bonds is 3. The lowest BCUT2D eigenvalue weighted by Gasteiger charge is -2.38. The van der Waals surface area contributed by atoms with Gasteiger partial charge in [0.2, 0.25) is 0 Å². The lowest BCUT2D eigenvalue weighted by atomic mass is 10.0. The minimum Gasteiger partial charge on any atom is -0.372 e.